The highest BCUT2D eigenvalue weighted by Crippen LogP contribution is 2.21. The zero-order valence-electron chi connectivity index (χ0n) is 10.9. The Morgan fingerprint density at radius 1 is 1.22 bits per heavy atom. The molecule has 2 rings (SSSR count). The van der Waals surface area contributed by atoms with Crippen LogP contribution in [0, 0.1) is 6.92 Å². The molecular formula is C15H19NO2. The molecule has 2 N–H and O–H groups in total. The van der Waals surface area contributed by atoms with Gasteiger partial charge in [-0.15, -0.1) is 0 Å². The first-order chi connectivity index (χ1) is 8.74. The average Bonchev–Trinajstić information content (AvgIpc) is 2.77. The van der Waals surface area contributed by atoms with Gasteiger partial charge in [0, 0.05) is 12.1 Å². The molecule has 1 heterocycles. The highest BCUT2D eigenvalue weighted by Gasteiger charge is 2.07. The van der Waals surface area contributed by atoms with Gasteiger partial charge in [0.1, 0.15) is 23.9 Å². The molecule has 0 fully saturated rings. The molecular weight excluding hydrogens is 226 g/mol. The van der Waals surface area contributed by atoms with Gasteiger partial charge in [0.2, 0.25) is 0 Å². The first-order valence-corrected chi connectivity index (χ1v) is 6.23. The number of ether oxygens (including phenoxy) is 1. The molecule has 18 heavy (non-hydrogen) atoms. The van der Waals surface area contributed by atoms with Crippen LogP contribution in [0.3, 0.4) is 0 Å². The minimum atomic E-state index is 0.442. The minimum absolute atomic E-state index is 0.442. The SMILES string of the molecule is CCc1ccccc1OCc1cc(CN)c(C)o1. The number of hydrogen-bond acceptors (Lipinski definition) is 3. The molecule has 3 nitrogen and oxygen atoms in total. The largest absolute Gasteiger partial charge is 0.485 e. The number of furan rings is 1. The Balaban J connectivity index is 2.06. The Labute approximate surface area is 108 Å². The predicted octanol–water partition coefficient (Wildman–Crippen LogP) is 3.19. The summed E-state index contributed by atoms with van der Waals surface area (Å²) in [5, 5.41) is 0. The summed E-state index contributed by atoms with van der Waals surface area (Å²) in [6.45, 7) is 4.98. The summed E-state index contributed by atoms with van der Waals surface area (Å²) in [4.78, 5) is 0. The number of benzene rings is 1. The number of hydrogen-bond donors (Lipinski definition) is 1. The predicted molar refractivity (Wildman–Crippen MR) is 71.5 cm³/mol. The van der Waals surface area contributed by atoms with Crippen molar-refractivity contribution in [2.45, 2.75) is 33.4 Å². The van der Waals surface area contributed by atoms with Crippen molar-refractivity contribution in [2.24, 2.45) is 5.73 Å². The number of aryl methyl sites for hydroxylation is 2. The topological polar surface area (TPSA) is 48.4 Å². The third-order valence-corrected chi connectivity index (χ3v) is 3.01. The molecule has 0 bridgehead atoms. The van der Waals surface area contributed by atoms with Gasteiger partial charge in [0.05, 0.1) is 0 Å². The van der Waals surface area contributed by atoms with E-state index >= 15 is 0 Å². The minimum Gasteiger partial charge on any atom is -0.485 e. The Morgan fingerprint density at radius 3 is 2.67 bits per heavy atom. The molecule has 0 amide bonds. The third kappa shape index (κ3) is 2.74. The third-order valence-electron chi connectivity index (χ3n) is 3.01. The molecule has 96 valence electrons. The maximum absolute atomic E-state index is 5.79. The lowest BCUT2D eigenvalue weighted by Crippen LogP contribution is -1.97. The van der Waals surface area contributed by atoms with Crippen LogP contribution in [0.4, 0.5) is 0 Å². The van der Waals surface area contributed by atoms with Crippen LogP contribution in [0.25, 0.3) is 0 Å². The van der Waals surface area contributed by atoms with Crippen molar-refractivity contribution in [2.75, 3.05) is 0 Å². The van der Waals surface area contributed by atoms with Crippen LogP contribution < -0.4 is 10.5 Å². The van der Waals surface area contributed by atoms with Gasteiger partial charge in [-0.1, -0.05) is 25.1 Å². The fourth-order valence-electron chi connectivity index (χ4n) is 1.95. The zero-order chi connectivity index (χ0) is 13.0. The molecule has 3 heteroatoms. The molecule has 0 saturated carbocycles. The molecule has 1 aromatic carbocycles. The van der Waals surface area contributed by atoms with Crippen molar-refractivity contribution in [1.82, 2.24) is 0 Å². The Bertz CT molecular complexity index is 517. The summed E-state index contributed by atoms with van der Waals surface area (Å²) in [5.74, 6) is 2.61. The lowest BCUT2D eigenvalue weighted by molar-refractivity contribution is 0.265. The van der Waals surface area contributed by atoms with Gasteiger partial charge < -0.3 is 14.9 Å². The number of rotatable bonds is 5. The van der Waals surface area contributed by atoms with Crippen molar-refractivity contribution in [3.05, 3.63) is 53.0 Å². The standard InChI is InChI=1S/C15H19NO2/c1-3-12-6-4-5-7-15(12)17-10-14-8-13(9-16)11(2)18-14/h4-8H,3,9-10,16H2,1-2H3. The fraction of sp³-hybridized carbons (Fsp3) is 0.333. The van der Waals surface area contributed by atoms with Crippen LogP contribution in [0.15, 0.2) is 34.7 Å². The van der Waals surface area contributed by atoms with Crippen molar-refractivity contribution < 1.29 is 9.15 Å². The average molecular weight is 245 g/mol. The van der Waals surface area contributed by atoms with E-state index in [9.17, 15) is 0 Å². The van der Waals surface area contributed by atoms with Gasteiger partial charge in [-0.25, -0.2) is 0 Å². The van der Waals surface area contributed by atoms with Crippen LogP contribution in [0.1, 0.15) is 29.6 Å². The molecule has 0 unspecified atom stereocenters. The molecule has 2 aromatic rings. The van der Waals surface area contributed by atoms with Crippen molar-refractivity contribution in [1.29, 1.82) is 0 Å². The summed E-state index contributed by atoms with van der Waals surface area (Å²) >= 11 is 0. The highest BCUT2D eigenvalue weighted by molar-refractivity contribution is 5.33. The smallest absolute Gasteiger partial charge is 0.146 e. The van der Waals surface area contributed by atoms with Gasteiger partial charge in [-0.05, 0) is 31.0 Å². The summed E-state index contributed by atoms with van der Waals surface area (Å²) in [7, 11) is 0. The Hall–Kier alpha value is -1.74. The first-order valence-electron chi connectivity index (χ1n) is 6.23. The maximum atomic E-state index is 5.79. The van der Waals surface area contributed by atoms with E-state index in [-0.39, 0.29) is 0 Å². The van der Waals surface area contributed by atoms with E-state index in [1.54, 1.807) is 0 Å². The van der Waals surface area contributed by atoms with Gasteiger partial charge in [0.15, 0.2) is 0 Å². The second-order valence-electron chi connectivity index (χ2n) is 4.25. The summed E-state index contributed by atoms with van der Waals surface area (Å²) in [5.41, 5.74) is 7.86. The van der Waals surface area contributed by atoms with Gasteiger partial charge in [-0.2, -0.15) is 0 Å². The molecule has 0 atom stereocenters. The summed E-state index contributed by atoms with van der Waals surface area (Å²) < 4.78 is 11.4. The molecule has 1 aromatic heterocycles. The summed E-state index contributed by atoms with van der Waals surface area (Å²) in [6, 6.07) is 10.0. The van der Waals surface area contributed by atoms with E-state index in [0.717, 1.165) is 29.3 Å². The lowest BCUT2D eigenvalue weighted by atomic mass is 10.1. The second-order valence-corrected chi connectivity index (χ2v) is 4.25. The van der Waals surface area contributed by atoms with E-state index in [1.807, 2.05) is 31.2 Å². The van der Waals surface area contributed by atoms with E-state index < -0.39 is 0 Å². The van der Waals surface area contributed by atoms with Gasteiger partial charge >= 0.3 is 0 Å². The van der Waals surface area contributed by atoms with Crippen LogP contribution >= 0.6 is 0 Å². The monoisotopic (exact) mass is 245 g/mol. The fourth-order valence-corrected chi connectivity index (χ4v) is 1.95. The molecule has 0 aliphatic rings. The van der Waals surface area contributed by atoms with Crippen LogP contribution in [-0.4, -0.2) is 0 Å². The van der Waals surface area contributed by atoms with Crippen LogP contribution in [0.2, 0.25) is 0 Å². The van der Waals surface area contributed by atoms with Crippen molar-refractivity contribution >= 4 is 0 Å². The summed E-state index contributed by atoms with van der Waals surface area (Å²) in [6.07, 6.45) is 0.960. The van der Waals surface area contributed by atoms with Gasteiger partial charge in [-0.3, -0.25) is 0 Å². The van der Waals surface area contributed by atoms with E-state index in [2.05, 4.69) is 13.0 Å². The molecule has 0 spiro atoms. The lowest BCUT2D eigenvalue weighted by Gasteiger charge is -2.08. The number of para-hydroxylation sites is 1. The van der Waals surface area contributed by atoms with Crippen molar-refractivity contribution in [3.63, 3.8) is 0 Å². The van der Waals surface area contributed by atoms with Crippen molar-refractivity contribution in [3.8, 4) is 5.75 Å². The van der Waals surface area contributed by atoms with Crippen LogP contribution in [0.5, 0.6) is 5.75 Å². The van der Waals surface area contributed by atoms with Crippen LogP contribution in [-0.2, 0) is 19.6 Å². The zero-order valence-corrected chi connectivity index (χ0v) is 10.9. The molecule has 0 aliphatic heterocycles. The maximum Gasteiger partial charge on any atom is 0.146 e. The molecule has 0 radical (unpaired) electrons. The highest BCUT2D eigenvalue weighted by atomic mass is 16.5. The number of nitrogens with two attached hydrogens (primary N) is 1. The Morgan fingerprint density at radius 2 is 2.00 bits per heavy atom. The molecule has 0 aliphatic carbocycles. The normalized spacial score (nSPS) is 10.6. The second kappa shape index (κ2) is 5.74. The Kier molecular flexibility index (Phi) is 4.05. The quantitative estimate of drug-likeness (QED) is 0.880. The molecule has 0 saturated heterocycles. The van der Waals surface area contributed by atoms with E-state index in [0.29, 0.717) is 13.2 Å². The van der Waals surface area contributed by atoms with Gasteiger partial charge in [0.25, 0.3) is 0 Å². The van der Waals surface area contributed by atoms with E-state index in [4.69, 9.17) is 14.9 Å². The van der Waals surface area contributed by atoms with E-state index in [1.165, 1.54) is 5.56 Å². The first kappa shape index (κ1) is 12.7.